The average Bonchev–Trinajstić information content (AvgIpc) is 3.03. The molecule has 1 N–H and O–H groups in total. The lowest BCUT2D eigenvalue weighted by Gasteiger charge is -2.33. The molecule has 102 valence electrons. The molecule has 3 heteroatoms. The van der Waals surface area contributed by atoms with E-state index < -0.39 is 0 Å². The first kappa shape index (κ1) is 13.6. The van der Waals surface area contributed by atoms with Crippen LogP contribution < -0.4 is 5.32 Å². The minimum Gasteiger partial charge on any atom is -0.468 e. The molecule has 1 unspecified atom stereocenters. The second-order valence-electron chi connectivity index (χ2n) is 5.64. The fourth-order valence-electron chi connectivity index (χ4n) is 2.43. The first-order chi connectivity index (χ1) is 8.70. The van der Waals surface area contributed by atoms with E-state index in [-0.39, 0.29) is 0 Å². The summed E-state index contributed by atoms with van der Waals surface area (Å²) in [5.41, 5.74) is 0. The first-order valence-electron chi connectivity index (χ1n) is 7.20. The molecule has 0 bridgehead atoms. The van der Waals surface area contributed by atoms with Crippen LogP contribution in [0.5, 0.6) is 0 Å². The molecule has 1 heterocycles. The molecule has 0 spiro atoms. The first-order valence-corrected chi connectivity index (χ1v) is 7.20. The zero-order valence-corrected chi connectivity index (χ0v) is 11.9. The fraction of sp³-hybridized carbons (Fsp3) is 0.733. The molecule has 1 aromatic rings. The van der Waals surface area contributed by atoms with Gasteiger partial charge in [-0.15, -0.1) is 0 Å². The standard InChI is InChI=1S/C15H26N2O/c1-4-17(11-14-6-5-9-18-14)15(12(2)3)10-16-13-7-8-13/h5-6,9,12-13,15-16H,4,7-8,10-11H2,1-3H3. The van der Waals surface area contributed by atoms with E-state index in [1.54, 1.807) is 6.26 Å². The molecule has 0 radical (unpaired) electrons. The topological polar surface area (TPSA) is 28.4 Å². The van der Waals surface area contributed by atoms with Gasteiger partial charge < -0.3 is 9.73 Å². The second kappa shape index (κ2) is 6.39. The zero-order valence-electron chi connectivity index (χ0n) is 11.9. The summed E-state index contributed by atoms with van der Waals surface area (Å²) in [6.45, 7) is 9.93. The van der Waals surface area contributed by atoms with Gasteiger partial charge in [0.15, 0.2) is 0 Å². The van der Waals surface area contributed by atoms with Crippen molar-refractivity contribution in [3.63, 3.8) is 0 Å². The van der Waals surface area contributed by atoms with E-state index in [9.17, 15) is 0 Å². The van der Waals surface area contributed by atoms with Gasteiger partial charge in [-0.1, -0.05) is 20.8 Å². The van der Waals surface area contributed by atoms with E-state index in [0.717, 1.165) is 31.4 Å². The third-order valence-electron chi connectivity index (χ3n) is 3.78. The number of likely N-dealkylation sites (N-methyl/N-ethyl adjacent to an activating group) is 1. The molecule has 1 fully saturated rings. The Balaban J connectivity index is 1.91. The summed E-state index contributed by atoms with van der Waals surface area (Å²) >= 11 is 0. The predicted octanol–water partition coefficient (Wildman–Crippen LogP) is 2.88. The second-order valence-corrected chi connectivity index (χ2v) is 5.64. The Labute approximate surface area is 111 Å². The molecule has 1 aliphatic carbocycles. The van der Waals surface area contributed by atoms with E-state index >= 15 is 0 Å². The highest BCUT2D eigenvalue weighted by atomic mass is 16.3. The van der Waals surface area contributed by atoms with E-state index in [2.05, 4.69) is 37.1 Å². The molecule has 1 aliphatic rings. The van der Waals surface area contributed by atoms with E-state index in [1.165, 1.54) is 12.8 Å². The van der Waals surface area contributed by atoms with Gasteiger partial charge in [0.2, 0.25) is 0 Å². The van der Waals surface area contributed by atoms with Gasteiger partial charge in [-0.2, -0.15) is 0 Å². The van der Waals surface area contributed by atoms with Gasteiger partial charge in [-0.3, -0.25) is 4.90 Å². The van der Waals surface area contributed by atoms with Gasteiger partial charge in [0, 0.05) is 18.6 Å². The molecule has 0 aliphatic heterocycles. The summed E-state index contributed by atoms with van der Waals surface area (Å²) in [6, 6.07) is 5.40. The highest BCUT2D eigenvalue weighted by Crippen LogP contribution is 2.20. The molecule has 3 nitrogen and oxygen atoms in total. The van der Waals surface area contributed by atoms with Crippen LogP contribution in [0.1, 0.15) is 39.4 Å². The largest absolute Gasteiger partial charge is 0.468 e. The number of nitrogens with zero attached hydrogens (tertiary/aromatic N) is 1. The molecule has 1 saturated carbocycles. The van der Waals surface area contributed by atoms with Crippen molar-refractivity contribution in [1.82, 2.24) is 10.2 Å². The van der Waals surface area contributed by atoms with Crippen molar-refractivity contribution in [2.24, 2.45) is 5.92 Å². The van der Waals surface area contributed by atoms with Gasteiger partial charge >= 0.3 is 0 Å². The average molecular weight is 250 g/mol. The van der Waals surface area contributed by atoms with E-state index in [1.807, 2.05) is 6.07 Å². The minimum atomic E-state index is 0.584. The van der Waals surface area contributed by atoms with Gasteiger partial charge in [0.05, 0.1) is 12.8 Å². The van der Waals surface area contributed by atoms with Crippen molar-refractivity contribution >= 4 is 0 Å². The summed E-state index contributed by atoms with van der Waals surface area (Å²) in [5, 5.41) is 3.66. The minimum absolute atomic E-state index is 0.584. The third-order valence-corrected chi connectivity index (χ3v) is 3.78. The van der Waals surface area contributed by atoms with Crippen LogP contribution in [0.2, 0.25) is 0 Å². The number of hydrogen-bond donors (Lipinski definition) is 1. The van der Waals surface area contributed by atoms with Crippen LogP contribution in [0, 0.1) is 5.92 Å². The number of nitrogens with one attached hydrogen (secondary N) is 1. The summed E-state index contributed by atoms with van der Waals surface area (Å²) in [4.78, 5) is 2.51. The van der Waals surface area contributed by atoms with Crippen LogP contribution in [0.15, 0.2) is 22.8 Å². The number of furan rings is 1. The lowest BCUT2D eigenvalue weighted by Crippen LogP contribution is -2.45. The van der Waals surface area contributed by atoms with E-state index in [4.69, 9.17) is 4.42 Å². The van der Waals surface area contributed by atoms with Crippen molar-refractivity contribution in [3.8, 4) is 0 Å². The molecule has 2 rings (SSSR count). The van der Waals surface area contributed by atoms with Crippen molar-refractivity contribution < 1.29 is 4.42 Å². The third kappa shape index (κ3) is 3.85. The smallest absolute Gasteiger partial charge is 0.117 e. The maximum atomic E-state index is 5.47. The lowest BCUT2D eigenvalue weighted by atomic mass is 10.0. The molecule has 18 heavy (non-hydrogen) atoms. The highest BCUT2D eigenvalue weighted by Gasteiger charge is 2.26. The fourth-order valence-corrected chi connectivity index (χ4v) is 2.43. The van der Waals surface area contributed by atoms with Gasteiger partial charge in [0.25, 0.3) is 0 Å². The lowest BCUT2D eigenvalue weighted by molar-refractivity contribution is 0.140. The molecule has 1 aromatic heterocycles. The van der Waals surface area contributed by atoms with Crippen LogP contribution in [0.3, 0.4) is 0 Å². The maximum absolute atomic E-state index is 5.47. The SMILES string of the molecule is CCN(Cc1ccco1)C(CNC1CC1)C(C)C. The Morgan fingerprint density at radius 2 is 2.22 bits per heavy atom. The highest BCUT2D eigenvalue weighted by molar-refractivity contribution is 4.98. The van der Waals surface area contributed by atoms with Gasteiger partial charge in [-0.05, 0) is 37.4 Å². The van der Waals surface area contributed by atoms with Crippen LogP contribution >= 0.6 is 0 Å². The van der Waals surface area contributed by atoms with Crippen molar-refractivity contribution in [1.29, 1.82) is 0 Å². The Morgan fingerprint density at radius 1 is 1.44 bits per heavy atom. The summed E-state index contributed by atoms with van der Waals surface area (Å²) < 4.78 is 5.47. The maximum Gasteiger partial charge on any atom is 0.117 e. The van der Waals surface area contributed by atoms with Gasteiger partial charge in [0.1, 0.15) is 5.76 Å². The Kier molecular flexibility index (Phi) is 4.84. The number of hydrogen-bond acceptors (Lipinski definition) is 3. The summed E-state index contributed by atoms with van der Waals surface area (Å²) in [5.74, 6) is 1.72. The number of rotatable bonds is 8. The Bertz CT molecular complexity index is 330. The van der Waals surface area contributed by atoms with Crippen LogP contribution in [0.4, 0.5) is 0 Å². The van der Waals surface area contributed by atoms with Crippen molar-refractivity contribution in [2.45, 2.75) is 52.2 Å². The van der Waals surface area contributed by atoms with E-state index in [0.29, 0.717) is 12.0 Å². The zero-order chi connectivity index (χ0) is 13.0. The molecule has 0 aromatic carbocycles. The Morgan fingerprint density at radius 3 is 2.72 bits per heavy atom. The normalized spacial score (nSPS) is 17.6. The monoisotopic (exact) mass is 250 g/mol. The molecule has 0 saturated heterocycles. The van der Waals surface area contributed by atoms with Crippen molar-refractivity contribution in [2.75, 3.05) is 13.1 Å². The van der Waals surface area contributed by atoms with Crippen LogP contribution in [-0.2, 0) is 6.54 Å². The molecule has 0 amide bonds. The van der Waals surface area contributed by atoms with Crippen LogP contribution in [0.25, 0.3) is 0 Å². The molecular weight excluding hydrogens is 224 g/mol. The quantitative estimate of drug-likeness (QED) is 0.769. The van der Waals surface area contributed by atoms with Crippen LogP contribution in [-0.4, -0.2) is 30.1 Å². The van der Waals surface area contributed by atoms with Gasteiger partial charge in [-0.25, -0.2) is 0 Å². The summed E-state index contributed by atoms with van der Waals surface area (Å²) in [6.07, 6.45) is 4.47. The predicted molar refractivity (Wildman–Crippen MR) is 74.4 cm³/mol. The Hall–Kier alpha value is -0.800. The molecule has 1 atom stereocenters. The van der Waals surface area contributed by atoms with Crippen molar-refractivity contribution in [3.05, 3.63) is 24.2 Å². The summed E-state index contributed by atoms with van der Waals surface area (Å²) in [7, 11) is 0. The molecular formula is C15H26N2O.